The first-order valence-corrected chi connectivity index (χ1v) is 8.87. The summed E-state index contributed by atoms with van der Waals surface area (Å²) in [5.74, 6) is 1.80. The van der Waals surface area contributed by atoms with Gasteiger partial charge in [0.2, 0.25) is 0 Å². The molecule has 0 heterocycles. The largest absolute Gasteiger partial charge is 0.0656 e. The summed E-state index contributed by atoms with van der Waals surface area (Å²) in [4.78, 5) is 0. The number of hydrogen-bond acceptors (Lipinski definition) is 0. The monoisotopic (exact) mass is 274 g/mol. The molecule has 0 aliphatic heterocycles. The first kappa shape index (κ1) is 27.4. The maximum absolute atomic E-state index is 2.36. The van der Waals surface area contributed by atoms with Crippen molar-refractivity contribution in [1.29, 1.82) is 0 Å². The van der Waals surface area contributed by atoms with Crippen LogP contribution >= 0.6 is 0 Å². The molecule has 0 aromatic heterocycles. The van der Waals surface area contributed by atoms with Crippen molar-refractivity contribution in [3.63, 3.8) is 0 Å². The average Bonchev–Trinajstić information content (AvgIpc) is 2.28. The van der Waals surface area contributed by atoms with Crippen molar-refractivity contribution in [2.24, 2.45) is 11.8 Å². The van der Waals surface area contributed by atoms with Gasteiger partial charge < -0.3 is 0 Å². The molecule has 0 N–H and O–H groups in total. The van der Waals surface area contributed by atoms with Gasteiger partial charge in [-0.25, -0.2) is 0 Å². The summed E-state index contributed by atoms with van der Waals surface area (Å²) >= 11 is 0. The van der Waals surface area contributed by atoms with E-state index in [-0.39, 0.29) is 0 Å². The van der Waals surface area contributed by atoms with Gasteiger partial charge in [-0.1, -0.05) is 114 Å². The van der Waals surface area contributed by atoms with Gasteiger partial charge >= 0.3 is 0 Å². The van der Waals surface area contributed by atoms with E-state index in [1.165, 1.54) is 44.9 Å². The Morgan fingerprint density at radius 2 is 0.895 bits per heavy atom. The number of unbranched alkanes of at least 4 members (excludes halogenated alkanes) is 1. The van der Waals surface area contributed by atoms with Crippen LogP contribution in [-0.2, 0) is 0 Å². The molecule has 0 aliphatic rings. The third kappa shape index (κ3) is 94.0. The van der Waals surface area contributed by atoms with Crippen LogP contribution in [0.1, 0.15) is 114 Å². The summed E-state index contributed by atoms with van der Waals surface area (Å²) in [6.07, 6.45) is 9.48. The minimum atomic E-state index is 0.833. The van der Waals surface area contributed by atoms with Gasteiger partial charge in [0.05, 0.1) is 0 Å². The zero-order valence-corrected chi connectivity index (χ0v) is 16.1. The molecule has 0 nitrogen and oxygen atoms in total. The molecule has 122 valence electrons. The molecule has 0 aromatic carbocycles. The predicted molar refractivity (Wildman–Crippen MR) is 96.0 cm³/mol. The van der Waals surface area contributed by atoms with Crippen molar-refractivity contribution in [2.45, 2.75) is 114 Å². The molecule has 0 rings (SSSR count). The summed E-state index contributed by atoms with van der Waals surface area (Å²) in [5.41, 5.74) is 0. The predicted octanol–water partition coefficient (Wildman–Crippen LogP) is 8.11. The molecule has 0 radical (unpaired) electrons. The molecule has 0 saturated heterocycles. The van der Waals surface area contributed by atoms with Gasteiger partial charge in [-0.15, -0.1) is 0 Å². The Bertz CT molecular complexity index is 89.5. The van der Waals surface area contributed by atoms with Crippen molar-refractivity contribution in [1.82, 2.24) is 0 Å². The molecule has 1 atom stereocenters. The summed E-state index contributed by atoms with van der Waals surface area (Å²) in [6, 6.07) is 0. The van der Waals surface area contributed by atoms with Crippen LogP contribution in [0.25, 0.3) is 0 Å². The second-order valence-corrected chi connectivity index (χ2v) is 6.18. The Morgan fingerprint density at radius 1 is 0.579 bits per heavy atom. The lowest BCUT2D eigenvalue weighted by atomic mass is 10.00. The smallest absolute Gasteiger partial charge is 0.0443 e. The van der Waals surface area contributed by atoms with Crippen molar-refractivity contribution in [3.05, 3.63) is 0 Å². The van der Waals surface area contributed by atoms with Gasteiger partial charge in [0.25, 0.3) is 0 Å². The van der Waals surface area contributed by atoms with Crippen LogP contribution in [0.2, 0.25) is 0 Å². The average molecular weight is 275 g/mol. The molecule has 0 saturated carbocycles. The Kier molecular flexibility index (Phi) is 44.3. The van der Waals surface area contributed by atoms with Crippen LogP contribution in [-0.4, -0.2) is 0 Å². The fraction of sp³-hybridized carbons (Fsp3) is 1.00. The maximum Gasteiger partial charge on any atom is -0.0443 e. The molecule has 1 unspecified atom stereocenters. The minimum absolute atomic E-state index is 0.833. The summed E-state index contributed by atoms with van der Waals surface area (Å²) in [5, 5.41) is 0. The molecule has 0 bridgehead atoms. The fourth-order valence-electron chi connectivity index (χ4n) is 1.19. The van der Waals surface area contributed by atoms with Gasteiger partial charge in [-0.3, -0.25) is 0 Å². The maximum atomic E-state index is 2.36. The van der Waals surface area contributed by atoms with Gasteiger partial charge in [0.15, 0.2) is 0 Å². The van der Waals surface area contributed by atoms with Crippen LogP contribution in [0.15, 0.2) is 0 Å². The second-order valence-electron chi connectivity index (χ2n) is 6.18. The molecule has 0 aromatic rings. The normalized spacial score (nSPS) is 10.3. The summed E-state index contributed by atoms with van der Waals surface area (Å²) < 4.78 is 0. The van der Waals surface area contributed by atoms with Crippen LogP contribution in [0.5, 0.6) is 0 Å². The Labute approximate surface area is 126 Å². The van der Waals surface area contributed by atoms with Crippen LogP contribution in [0.3, 0.4) is 0 Å². The first-order valence-electron chi connectivity index (χ1n) is 8.87. The van der Waals surface area contributed by atoms with Crippen LogP contribution < -0.4 is 0 Å². The summed E-state index contributed by atoms with van der Waals surface area (Å²) in [6.45, 7) is 21.9. The minimum Gasteiger partial charge on any atom is -0.0656 e. The third-order valence-electron chi connectivity index (χ3n) is 1.83. The van der Waals surface area contributed by atoms with E-state index in [2.05, 4.69) is 69.2 Å². The number of hydrogen-bond donors (Lipinski definition) is 0. The van der Waals surface area contributed by atoms with E-state index in [9.17, 15) is 0 Å². The molecular weight excluding hydrogens is 228 g/mol. The van der Waals surface area contributed by atoms with E-state index in [0.717, 1.165) is 11.8 Å². The van der Waals surface area contributed by atoms with E-state index < -0.39 is 0 Å². The van der Waals surface area contributed by atoms with Crippen LogP contribution in [0.4, 0.5) is 0 Å². The van der Waals surface area contributed by atoms with Gasteiger partial charge in [0.1, 0.15) is 0 Å². The molecule has 0 amide bonds. The third-order valence-corrected chi connectivity index (χ3v) is 1.83. The van der Waals surface area contributed by atoms with E-state index in [4.69, 9.17) is 0 Å². The lowest BCUT2D eigenvalue weighted by Crippen LogP contribution is -1.92. The molecular formula is C19H46. The fourth-order valence-corrected chi connectivity index (χ4v) is 1.19. The highest BCUT2D eigenvalue weighted by atomic mass is 14.0. The van der Waals surface area contributed by atoms with Gasteiger partial charge in [-0.05, 0) is 11.8 Å². The quantitative estimate of drug-likeness (QED) is 0.475. The topological polar surface area (TPSA) is 0 Å². The highest BCUT2D eigenvalue weighted by Gasteiger charge is 1.97. The lowest BCUT2D eigenvalue weighted by Gasteiger charge is -2.07. The molecule has 19 heavy (non-hydrogen) atoms. The Hall–Kier alpha value is 0. The number of rotatable bonds is 5. The zero-order chi connectivity index (χ0) is 16.1. The zero-order valence-electron chi connectivity index (χ0n) is 16.1. The van der Waals surface area contributed by atoms with E-state index in [1.807, 2.05) is 0 Å². The van der Waals surface area contributed by atoms with Crippen molar-refractivity contribution < 1.29 is 0 Å². The summed E-state index contributed by atoms with van der Waals surface area (Å²) in [7, 11) is 0. The molecule has 0 heteroatoms. The van der Waals surface area contributed by atoms with E-state index in [0.29, 0.717) is 0 Å². The highest BCUT2D eigenvalue weighted by molar-refractivity contribution is 4.50. The Balaban J connectivity index is -0.0000000937. The van der Waals surface area contributed by atoms with Gasteiger partial charge in [0, 0.05) is 0 Å². The van der Waals surface area contributed by atoms with E-state index >= 15 is 0 Å². The lowest BCUT2D eigenvalue weighted by molar-refractivity contribution is 0.466. The molecule has 0 fully saturated rings. The Morgan fingerprint density at radius 3 is 1.11 bits per heavy atom. The van der Waals surface area contributed by atoms with Crippen molar-refractivity contribution in [2.75, 3.05) is 0 Å². The SMILES string of the molecule is CC(C)C.CCC.CCC.CCCCC(C)CCC. The standard InChI is InChI=1S/C9H20.C4H10.2C3H8/c1-4-6-8-9(3)7-5-2;1-4(2)3;2*1-3-2/h9H,4-8H2,1-3H3;4H,1-3H3;2*3H2,1-2H3. The van der Waals surface area contributed by atoms with Crippen molar-refractivity contribution >= 4 is 0 Å². The first-order chi connectivity index (χ1) is 8.87. The van der Waals surface area contributed by atoms with Crippen molar-refractivity contribution in [3.8, 4) is 0 Å². The van der Waals surface area contributed by atoms with E-state index in [1.54, 1.807) is 0 Å². The molecule has 0 aliphatic carbocycles. The second kappa shape index (κ2) is 30.8. The highest BCUT2D eigenvalue weighted by Crippen LogP contribution is 2.12. The van der Waals surface area contributed by atoms with Gasteiger partial charge in [-0.2, -0.15) is 0 Å². The molecule has 0 spiro atoms. The van der Waals surface area contributed by atoms with Crippen LogP contribution in [0, 0.1) is 11.8 Å².